The second-order valence-electron chi connectivity index (χ2n) is 3.00. The number of halogens is 2. The highest BCUT2D eigenvalue weighted by Crippen LogP contribution is 2.28. The summed E-state index contributed by atoms with van der Waals surface area (Å²) in [5.41, 5.74) is 0.218. The van der Waals surface area contributed by atoms with Gasteiger partial charge < -0.3 is 9.84 Å². The minimum Gasteiger partial charge on any atom is -0.492 e. The second-order valence-corrected chi connectivity index (χ2v) is 5.85. The summed E-state index contributed by atoms with van der Waals surface area (Å²) in [5.74, 6) is 0.219. The van der Waals surface area contributed by atoms with E-state index in [1.807, 2.05) is 6.07 Å². The smallest absolute Gasteiger partial charge is 0.339 e. The lowest BCUT2D eigenvalue weighted by atomic mass is 10.2. The molecule has 1 rings (SSSR count). The number of thiol groups is 1. The Balaban J connectivity index is 2.99. The number of carboxylic acid groups (broad SMARTS) is 1. The van der Waals surface area contributed by atoms with Crippen LogP contribution in [0.5, 0.6) is 5.75 Å². The predicted octanol–water partition coefficient (Wildman–Crippen LogP) is 3.29. The normalized spacial score (nSPS) is 10.2. The molecule has 0 radical (unpaired) electrons. The number of hydrogen-bond donors (Lipinski definition) is 2. The number of benzene rings is 1. The van der Waals surface area contributed by atoms with Crippen molar-refractivity contribution in [3.63, 3.8) is 0 Å². The molecule has 16 heavy (non-hydrogen) atoms. The third-order valence-corrected chi connectivity index (χ3v) is 3.53. The maximum absolute atomic E-state index is 11.1. The van der Waals surface area contributed by atoms with E-state index in [4.69, 9.17) is 9.84 Å². The molecule has 6 heteroatoms. The second kappa shape index (κ2) is 6.90. The Morgan fingerprint density at radius 2 is 2.12 bits per heavy atom. The van der Waals surface area contributed by atoms with Gasteiger partial charge in [-0.1, -0.05) is 0 Å². The highest BCUT2D eigenvalue weighted by atomic mass is 127. The standard InChI is InChI=1S/C10H10I2O3S/c11-6-4-7(10(13)14)9(8(12)5-6)15-2-1-3-16/h4-5,16H,1-3H2,(H,13,14). The van der Waals surface area contributed by atoms with Gasteiger partial charge >= 0.3 is 5.97 Å². The van der Waals surface area contributed by atoms with Crippen molar-refractivity contribution in [1.29, 1.82) is 0 Å². The maximum atomic E-state index is 11.1. The van der Waals surface area contributed by atoms with Gasteiger partial charge in [0.05, 0.1) is 10.2 Å². The first-order chi connectivity index (χ1) is 7.56. The first-order valence-corrected chi connectivity index (χ1v) is 7.31. The number of carbonyl (C=O) groups is 1. The van der Waals surface area contributed by atoms with Crippen LogP contribution < -0.4 is 4.74 Å². The molecule has 0 heterocycles. The summed E-state index contributed by atoms with van der Waals surface area (Å²) < 4.78 is 7.19. The summed E-state index contributed by atoms with van der Waals surface area (Å²) in [6.07, 6.45) is 0.796. The van der Waals surface area contributed by atoms with E-state index in [0.717, 1.165) is 19.3 Å². The van der Waals surface area contributed by atoms with Crippen molar-refractivity contribution in [3.05, 3.63) is 24.8 Å². The van der Waals surface area contributed by atoms with E-state index < -0.39 is 5.97 Å². The van der Waals surface area contributed by atoms with Crippen LogP contribution in [0.3, 0.4) is 0 Å². The van der Waals surface area contributed by atoms with Gasteiger partial charge in [-0.2, -0.15) is 12.6 Å². The van der Waals surface area contributed by atoms with Crippen molar-refractivity contribution in [2.75, 3.05) is 12.4 Å². The highest BCUT2D eigenvalue weighted by molar-refractivity contribution is 14.1. The van der Waals surface area contributed by atoms with Crippen molar-refractivity contribution < 1.29 is 14.6 Å². The number of hydrogen-bond acceptors (Lipinski definition) is 3. The molecule has 0 aliphatic carbocycles. The van der Waals surface area contributed by atoms with E-state index in [2.05, 4.69) is 57.8 Å². The van der Waals surface area contributed by atoms with Crippen molar-refractivity contribution in [3.8, 4) is 5.75 Å². The molecule has 0 aromatic heterocycles. The molecular weight excluding hydrogens is 454 g/mol. The number of carboxylic acids is 1. The molecule has 0 saturated carbocycles. The Hall–Kier alpha value is 0.300. The monoisotopic (exact) mass is 464 g/mol. The Morgan fingerprint density at radius 3 is 2.69 bits per heavy atom. The highest BCUT2D eigenvalue weighted by Gasteiger charge is 2.15. The zero-order chi connectivity index (χ0) is 12.1. The lowest BCUT2D eigenvalue weighted by molar-refractivity contribution is 0.0692. The van der Waals surface area contributed by atoms with E-state index in [-0.39, 0.29) is 5.56 Å². The summed E-state index contributed by atoms with van der Waals surface area (Å²) in [4.78, 5) is 11.1. The van der Waals surface area contributed by atoms with E-state index in [0.29, 0.717) is 12.4 Å². The van der Waals surface area contributed by atoms with Crippen LogP contribution in [0.2, 0.25) is 0 Å². The molecule has 0 fully saturated rings. The fraction of sp³-hybridized carbons (Fsp3) is 0.300. The van der Waals surface area contributed by atoms with Gasteiger partial charge in [0, 0.05) is 3.57 Å². The first kappa shape index (κ1) is 14.4. The number of ether oxygens (including phenoxy) is 1. The molecule has 1 N–H and O–H groups in total. The summed E-state index contributed by atoms with van der Waals surface area (Å²) >= 11 is 8.25. The van der Waals surface area contributed by atoms with E-state index >= 15 is 0 Å². The average Bonchev–Trinajstić information content (AvgIpc) is 2.20. The van der Waals surface area contributed by atoms with E-state index in [9.17, 15) is 4.79 Å². The Labute approximate surface area is 127 Å². The average molecular weight is 464 g/mol. The SMILES string of the molecule is O=C(O)c1cc(I)cc(I)c1OCCCS. The van der Waals surface area contributed by atoms with Gasteiger partial charge in [0.2, 0.25) is 0 Å². The summed E-state index contributed by atoms with van der Waals surface area (Å²) in [6.45, 7) is 0.486. The molecule has 88 valence electrons. The largest absolute Gasteiger partial charge is 0.492 e. The van der Waals surface area contributed by atoms with Crippen LogP contribution in [0.4, 0.5) is 0 Å². The predicted molar refractivity (Wildman–Crippen MR) is 82.8 cm³/mol. The fourth-order valence-corrected chi connectivity index (χ4v) is 3.23. The molecule has 0 bridgehead atoms. The van der Waals surface area contributed by atoms with Crippen LogP contribution in [-0.4, -0.2) is 23.4 Å². The van der Waals surface area contributed by atoms with Crippen LogP contribution in [0.25, 0.3) is 0 Å². The van der Waals surface area contributed by atoms with Gasteiger partial charge in [-0.25, -0.2) is 4.79 Å². The summed E-state index contributed by atoms with van der Waals surface area (Å²) in [6, 6.07) is 3.50. The molecule has 0 aliphatic heterocycles. The molecule has 0 aliphatic rings. The molecule has 0 atom stereocenters. The summed E-state index contributed by atoms with van der Waals surface area (Å²) in [5, 5.41) is 9.07. The van der Waals surface area contributed by atoms with Crippen molar-refractivity contribution >= 4 is 63.8 Å². The Bertz CT molecular complexity index is 396. The quantitative estimate of drug-likeness (QED) is 0.400. The molecule has 1 aromatic rings. The van der Waals surface area contributed by atoms with E-state index in [1.54, 1.807) is 6.07 Å². The Morgan fingerprint density at radius 1 is 1.44 bits per heavy atom. The van der Waals surface area contributed by atoms with Gasteiger partial charge in [-0.05, 0) is 69.5 Å². The minimum atomic E-state index is -0.961. The molecule has 0 spiro atoms. The molecule has 3 nitrogen and oxygen atoms in total. The topological polar surface area (TPSA) is 46.5 Å². The third kappa shape index (κ3) is 3.95. The van der Waals surface area contributed by atoms with Crippen LogP contribution in [0.15, 0.2) is 12.1 Å². The van der Waals surface area contributed by atoms with Crippen molar-refractivity contribution in [2.45, 2.75) is 6.42 Å². The van der Waals surface area contributed by atoms with Crippen molar-refractivity contribution in [1.82, 2.24) is 0 Å². The molecule has 0 unspecified atom stereocenters. The van der Waals surface area contributed by atoms with Gasteiger partial charge in [-0.3, -0.25) is 0 Å². The van der Waals surface area contributed by atoms with Crippen LogP contribution in [0.1, 0.15) is 16.8 Å². The van der Waals surface area contributed by atoms with Crippen LogP contribution >= 0.6 is 57.8 Å². The summed E-state index contributed by atoms with van der Waals surface area (Å²) in [7, 11) is 0. The number of rotatable bonds is 5. The van der Waals surface area contributed by atoms with Gasteiger partial charge in [0.15, 0.2) is 0 Å². The van der Waals surface area contributed by atoms with E-state index in [1.165, 1.54) is 0 Å². The lowest BCUT2D eigenvalue weighted by Crippen LogP contribution is -2.07. The molecular formula is C10H10I2O3S. The number of aromatic carboxylic acids is 1. The van der Waals surface area contributed by atoms with Crippen LogP contribution in [0, 0.1) is 7.14 Å². The van der Waals surface area contributed by atoms with Crippen molar-refractivity contribution in [2.24, 2.45) is 0 Å². The van der Waals surface area contributed by atoms with Gasteiger partial charge in [-0.15, -0.1) is 0 Å². The molecule has 0 amide bonds. The first-order valence-electron chi connectivity index (χ1n) is 4.52. The molecule has 0 saturated heterocycles. The van der Waals surface area contributed by atoms with Gasteiger partial charge in [0.1, 0.15) is 11.3 Å². The fourth-order valence-electron chi connectivity index (χ4n) is 1.10. The maximum Gasteiger partial charge on any atom is 0.339 e. The molecule has 1 aromatic carbocycles. The van der Waals surface area contributed by atoms with Gasteiger partial charge in [0.25, 0.3) is 0 Å². The Kier molecular flexibility index (Phi) is 6.19. The minimum absolute atomic E-state index is 0.218. The lowest BCUT2D eigenvalue weighted by Gasteiger charge is -2.11. The zero-order valence-corrected chi connectivity index (χ0v) is 13.5. The zero-order valence-electron chi connectivity index (χ0n) is 8.24. The third-order valence-electron chi connectivity index (χ3n) is 1.79. The van der Waals surface area contributed by atoms with Crippen LogP contribution in [-0.2, 0) is 0 Å².